The molecule has 0 aromatic heterocycles. The smallest absolute Gasteiger partial charge is 0.0678 e. The predicted octanol–water partition coefficient (Wildman–Crippen LogP) is 0.850. The lowest BCUT2D eigenvalue weighted by Gasteiger charge is -2.48. The summed E-state index contributed by atoms with van der Waals surface area (Å²) < 4.78 is 11.3. The Kier molecular flexibility index (Phi) is 4.08. The largest absolute Gasteiger partial charge is 0.383 e. The van der Waals surface area contributed by atoms with Crippen molar-refractivity contribution in [3.8, 4) is 0 Å². The van der Waals surface area contributed by atoms with Crippen LogP contribution in [0.15, 0.2) is 0 Å². The van der Waals surface area contributed by atoms with Crippen molar-refractivity contribution in [1.82, 2.24) is 4.90 Å². The van der Waals surface area contributed by atoms with E-state index in [1.165, 1.54) is 12.8 Å². The van der Waals surface area contributed by atoms with Gasteiger partial charge in [-0.3, -0.25) is 4.90 Å². The molecule has 1 saturated heterocycles. The van der Waals surface area contributed by atoms with Crippen molar-refractivity contribution in [2.24, 2.45) is 11.7 Å². The molecular formula is C13H26N2O2. The highest BCUT2D eigenvalue weighted by Gasteiger charge is 2.49. The maximum Gasteiger partial charge on any atom is 0.0678 e. The minimum Gasteiger partial charge on any atom is -0.383 e. The van der Waals surface area contributed by atoms with E-state index in [9.17, 15) is 0 Å². The van der Waals surface area contributed by atoms with Crippen LogP contribution >= 0.6 is 0 Å². The fourth-order valence-electron chi connectivity index (χ4n) is 3.23. The molecule has 1 aliphatic heterocycles. The molecule has 2 rings (SSSR count). The van der Waals surface area contributed by atoms with Gasteiger partial charge in [-0.05, 0) is 32.6 Å². The SMILES string of the molecule is COCC(CN)(C1CC1)N1C[C@@H](C)O[C@@H](C)C1. The zero-order chi connectivity index (χ0) is 12.5. The fourth-order valence-corrected chi connectivity index (χ4v) is 3.23. The number of hydrogen-bond acceptors (Lipinski definition) is 4. The third-order valence-corrected chi connectivity index (χ3v) is 4.13. The molecule has 2 aliphatic rings. The van der Waals surface area contributed by atoms with Gasteiger partial charge in [-0.2, -0.15) is 0 Å². The van der Waals surface area contributed by atoms with Crippen molar-refractivity contribution in [2.45, 2.75) is 44.4 Å². The maximum atomic E-state index is 6.09. The lowest BCUT2D eigenvalue weighted by Crippen LogP contribution is -2.64. The molecule has 0 aromatic rings. The molecule has 1 unspecified atom stereocenters. The molecule has 0 radical (unpaired) electrons. The van der Waals surface area contributed by atoms with Gasteiger partial charge in [-0.25, -0.2) is 0 Å². The van der Waals surface area contributed by atoms with Crippen molar-refractivity contribution >= 4 is 0 Å². The molecule has 0 aromatic carbocycles. The van der Waals surface area contributed by atoms with Crippen LogP contribution in [0.5, 0.6) is 0 Å². The summed E-state index contributed by atoms with van der Waals surface area (Å²) in [6, 6.07) is 0. The Morgan fingerprint density at radius 2 is 1.88 bits per heavy atom. The molecular weight excluding hydrogens is 216 g/mol. The summed E-state index contributed by atoms with van der Waals surface area (Å²) in [7, 11) is 1.78. The van der Waals surface area contributed by atoms with Gasteiger partial charge in [0.2, 0.25) is 0 Å². The first-order valence-electron chi connectivity index (χ1n) is 6.72. The third kappa shape index (κ3) is 2.65. The van der Waals surface area contributed by atoms with Crippen LogP contribution in [0.2, 0.25) is 0 Å². The molecule has 1 saturated carbocycles. The van der Waals surface area contributed by atoms with Crippen LogP contribution in [0.4, 0.5) is 0 Å². The molecule has 0 bridgehead atoms. The number of methoxy groups -OCH3 is 1. The van der Waals surface area contributed by atoms with Crippen molar-refractivity contribution in [3.05, 3.63) is 0 Å². The zero-order valence-electron chi connectivity index (χ0n) is 11.3. The van der Waals surface area contributed by atoms with E-state index in [0.717, 1.165) is 19.7 Å². The molecule has 1 aliphatic carbocycles. The van der Waals surface area contributed by atoms with Gasteiger partial charge in [0.1, 0.15) is 0 Å². The highest BCUT2D eigenvalue weighted by molar-refractivity contribution is 5.05. The van der Waals surface area contributed by atoms with E-state index in [1.807, 2.05) is 0 Å². The second-order valence-electron chi connectivity index (χ2n) is 5.68. The first-order chi connectivity index (χ1) is 8.12. The molecule has 4 nitrogen and oxygen atoms in total. The summed E-state index contributed by atoms with van der Waals surface area (Å²) in [6.07, 6.45) is 3.17. The third-order valence-electron chi connectivity index (χ3n) is 4.13. The van der Waals surface area contributed by atoms with Gasteiger partial charge in [0.05, 0.1) is 24.4 Å². The second kappa shape index (κ2) is 5.22. The number of ether oxygens (including phenoxy) is 2. The average molecular weight is 242 g/mol. The number of rotatable bonds is 5. The summed E-state index contributed by atoms with van der Waals surface area (Å²) in [6.45, 7) is 7.66. The summed E-state index contributed by atoms with van der Waals surface area (Å²) in [5.74, 6) is 0.713. The lowest BCUT2D eigenvalue weighted by atomic mass is 9.90. The minimum atomic E-state index is 0.0427. The van der Waals surface area contributed by atoms with E-state index < -0.39 is 0 Å². The van der Waals surface area contributed by atoms with Crippen LogP contribution in [0, 0.1) is 5.92 Å². The topological polar surface area (TPSA) is 47.7 Å². The first-order valence-corrected chi connectivity index (χ1v) is 6.72. The maximum absolute atomic E-state index is 6.09. The molecule has 0 amide bonds. The van der Waals surface area contributed by atoms with Crippen molar-refractivity contribution < 1.29 is 9.47 Å². The Bertz CT molecular complexity index is 248. The fraction of sp³-hybridized carbons (Fsp3) is 1.00. The average Bonchev–Trinajstić information content (AvgIpc) is 3.08. The Morgan fingerprint density at radius 3 is 2.29 bits per heavy atom. The van der Waals surface area contributed by atoms with Crippen LogP contribution in [-0.2, 0) is 9.47 Å². The van der Waals surface area contributed by atoms with Gasteiger partial charge in [0.15, 0.2) is 0 Å². The Hall–Kier alpha value is -0.160. The van der Waals surface area contributed by atoms with Gasteiger partial charge in [-0.15, -0.1) is 0 Å². The number of hydrogen-bond donors (Lipinski definition) is 1. The van der Waals surface area contributed by atoms with Crippen LogP contribution in [-0.4, -0.2) is 56.0 Å². The number of nitrogens with two attached hydrogens (primary N) is 1. The van der Waals surface area contributed by atoms with E-state index in [2.05, 4.69) is 18.7 Å². The normalized spacial score (nSPS) is 34.6. The Morgan fingerprint density at radius 1 is 1.29 bits per heavy atom. The summed E-state index contributed by atoms with van der Waals surface area (Å²) in [5.41, 5.74) is 6.14. The molecule has 3 atom stereocenters. The van der Waals surface area contributed by atoms with Crippen molar-refractivity contribution in [3.63, 3.8) is 0 Å². The standard InChI is InChI=1S/C13H26N2O2/c1-10-6-15(7-11(2)17-10)13(8-14,9-16-3)12-4-5-12/h10-12H,4-9,14H2,1-3H3/t10-,11+,13?. The molecule has 2 fully saturated rings. The van der Waals surface area contributed by atoms with Gasteiger partial charge in [0.25, 0.3) is 0 Å². The van der Waals surface area contributed by atoms with E-state index in [-0.39, 0.29) is 5.54 Å². The predicted molar refractivity (Wildman–Crippen MR) is 68.0 cm³/mol. The van der Waals surface area contributed by atoms with E-state index in [0.29, 0.717) is 24.7 Å². The Balaban J connectivity index is 2.13. The molecule has 4 heteroatoms. The Labute approximate surface area is 104 Å². The molecule has 2 N–H and O–H groups in total. The molecule has 17 heavy (non-hydrogen) atoms. The zero-order valence-corrected chi connectivity index (χ0v) is 11.3. The summed E-state index contributed by atoms with van der Waals surface area (Å²) in [4.78, 5) is 2.52. The van der Waals surface area contributed by atoms with Gasteiger partial charge in [-0.1, -0.05) is 0 Å². The minimum absolute atomic E-state index is 0.0427. The monoisotopic (exact) mass is 242 g/mol. The van der Waals surface area contributed by atoms with Crippen molar-refractivity contribution in [2.75, 3.05) is 33.4 Å². The van der Waals surface area contributed by atoms with E-state index in [1.54, 1.807) is 7.11 Å². The molecule has 0 spiro atoms. The highest BCUT2D eigenvalue weighted by Crippen LogP contribution is 2.43. The van der Waals surface area contributed by atoms with Crippen molar-refractivity contribution in [1.29, 1.82) is 0 Å². The summed E-state index contributed by atoms with van der Waals surface area (Å²) in [5, 5.41) is 0. The van der Waals surface area contributed by atoms with Crippen LogP contribution in [0.1, 0.15) is 26.7 Å². The molecule has 100 valence electrons. The van der Waals surface area contributed by atoms with Crippen LogP contribution in [0.3, 0.4) is 0 Å². The quantitative estimate of drug-likeness (QED) is 0.776. The molecule has 1 heterocycles. The van der Waals surface area contributed by atoms with E-state index >= 15 is 0 Å². The van der Waals surface area contributed by atoms with E-state index in [4.69, 9.17) is 15.2 Å². The summed E-state index contributed by atoms with van der Waals surface area (Å²) >= 11 is 0. The lowest BCUT2D eigenvalue weighted by molar-refractivity contribution is -0.118. The first kappa shape index (κ1) is 13.3. The number of nitrogens with zero attached hydrogens (tertiary/aromatic N) is 1. The number of morpholine rings is 1. The highest BCUT2D eigenvalue weighted by atomic mass is 16.5. The van der Waals surface area contributed by atoms with Gasteiger partial charge in [0, 0.05) is 26.7 Å². The van der Waals surface area contributed by atoms with Gasteiger partial charge < -0.3 is 15.2 Å². The second-order valence-corrected chi connectivity index (χ2v) is 5.68. The van der Waals surface area contributed by atoms with Gasteiger partial charge >= 0.3 is 0 Å². The van der Waals surface area contributed by atoms with Crippen LogP contribution < -0.4 is 5.73 Å². The van der Waals surface area contributed by atoms with Crippen LogP contribution in [0.25, 0.3) is 0 Å².